The van der Waals surface area contributed by atoms with Crippen molar-refractivity contribution in [1.29, 1.82) is 0 Å². The number of hydrogen-bond acceptors (Lipinski definition) is 3. The summed E-state index contributed by atoms with van der Waals surface area (Å²) in [6.45, 7) is 5.90. The van der Waals surface area contributed by atoms with Crippen molar-refractivity contribution in [2.45, 2.75) is 13.8 Å². The molecular weight excluding hydrogens is 161 g/mol. The van der Waals surface area contributed by atoms with Gasteiger partial charge < -0.3 is 9.05 Å². The van der Waals surface area contributed by atoms with Gasteiger partial charge in [-0.15, -0.1) is 0 Å². The standard InChI is InChI=1S/C7H16NO2P/c1-7(2)5-9-11(8(3)4)10-6-7/h5-6H2,1-4H3. The summed E-state index contributed by atoms with van der Waals surface area (Å²) in [5, 5.41) is 0. The first-order valence-electron chi connectivity index (χ1n) is 3.74. The second-order valence-corrected chi connectivity index (χ2v) is 5.59. The Morgan fingerprint density at radius 1 is 1.18 bits per heavy atom. The van der Waals surface area contributed by atoms with Crippen LogP contribution in [0, 0.1) is 5.41 Å². The van der Waals surface area contributed by atoms with E-state index in [1.807, 2.05) is 18.8 Å². The molecule has 0 saturated carbocycles. The van der Waals surface area contributed by atoms with E-state index in [9.17, 15) is 0 Å². The van der Waals surface area contributed by atoms with Gasteiger partial charge in [0.2, 0.25) is 0 Å². The highest BCUT2D eigenvalue weighted by Crippen LogP contribution is 2.46. The normalized spacial score (nSPS) is 25.9. The second-order valence-electron chi connectivity index (χ2n) is 3.80. The zero-order chi connectivity index (χ0) is 8.48. The van der Waals surface area contributed by atoms with Gasteiger partial charge >= 0.3 is 0 Å². The van der Waals surface area contributed by atoms with Gasteiger partial charge in [-0.25, -0.2) is 4.67 Å². The molecule has 1 aliphatic rings. The van der Waals surface area contributed by atoms with E-state index in [1.54, 1.807) is 0 Å². The average molecular weight is 177 g/mol. The molecule has 0 aromatic rings. The van der Waals surface area contributed by atoms with Crippen LogP contribution in [0.1, 0.15) is 13.8 Å². The molecular formula is C7H16NO2P. The summed E-state index contributed by atoms with van der Waals surface area (Å²) >= 11 is 0. The van der Waals surface area contributed by atoms with Gasteiger partial charge in [0.05, 0.1) is 13.2 Å². The lowest BCUT2D eigenvalue weighted by atomic mass is 9.97. The fraction of sp³-hybridized carbons (Fsp3) is 1.00. The first kappa shape index (κ1) is 9.40. The largest absolute Gasteiger partial charge is 0.321 e. The zero-order valence-electron chi connectivity index (χ0n) is 7.63. The van der Waals surface area contributed by atoms with Crippen LogP contribution in [-0.2, 0) is 9.05 Å². The van der Waals surface area contributed by atoms with E-state index in [2.05, 4.69) is 13.8 Å². The molecule has 0 atom stereocenters. The average Bonchev–Trinajstić information content (AvgIpc) is 1.86. The molecule has 0 unspecified atom stereocenters. The van der Waals surface area contributed by atoms with E-state index in [-0.39, 0.29) is 5.41 Å². The zero-order valence-corrected chi connectivity index (χ0v) is 8.52. The first-order chi connectivity index (χ1) is 5.01. The molecule has 3 nitrogen and oxygen atoms in total. The van der Waals surface area contributed by atoms with Crippen molar-refractivity contribution in [3.63, 3.8) is 0 Å². The predicted octanol–water partition coefficient (Wildman–Crippen LogP) is 1.85. The van der Waals surface area contributed by atoms with Crippen LogP contribution in [0.25, 0.3) is 0 Å². The third kappa shape index (κ3) is 2.68. The number of nitrogens with zero attached hydrogens (tertiary/aromatic N) is 1. The van der Waals surface area contributed by atoms with Crippen LogP contribution in [0.4, 0.5) is 0 Å². The molecule has 0 aromatic heterocycles. The summed E-state index contributed by atoms with van der Waals surface area (Å²) in [7, 11) is 3.20. The minimum Gasteiger partial charge on any atom is -0.321 e. The lowest BCUT2D eigenvalue weighted by molar-refractivity contribution is 0.0493. The van der Waals surface area contributed by atoms with E-state index >= 15 is 0 Å². The summed E-state index contributed by atoms with van der Waals surface area (Å²) in [6, 6.07) is 0. The maximum absolute atomic E-state index is 5.52. The molecule has 0 bridgehead atoms. The molecule has 1 aliphatic heterocycles. The van der Waals surface area contributed by atoms with Crippen LogP contribution in [0.2, 0.25) is 0 Å². The molecule has 11 heavy (non-hydrogen) atoms. The van der Waals surface area contributed by atoms with Gasteiger partial charge in [-0.3, -0.25) is 0 Å². The lowest BCUT2D eigenvalue weighted by Crippen LogP contribution is -2.30. The van der Waals surface area contributed by atoms with Gasteiger partial charge in [0.15, 0.2) is 0 Å². The predicted molar refractivity (Wildman–Crippen MR) is 46.3 cm³/mol. The van der Waals surface area contributed by atoms with Crippen LogP contribution >= 0.6 is 8.53 Å². The number of rotatable bonds is 1. The molecule has 0 N–H and O–H groups in total. The molecule has 0 aromatic carbocycles. The SMILES string of the molecule is CN(C)P1OCC(C)(C)CO1. The monoisotopic (exact) mass is 177 g/mol. The van der Waals surface area contributed by atoms with Gasteiger partial charge in [0, 0.05) is 5.41 Å². The summed E-state index contributed by atoms with van der Waals surface area (Å²) in [6.07, 6.45) is 0. The molecule has 66 valence electrons. The second kappa shape index (κ2) is 3.36. The Labute approximate surface area is 69.6 Å². The fourth-order valence-electron chi connectivity index (χ4n) is 0.770. The van der Waals surface area contributed by atoms with Gasteiger partial charge in [0.1, 0.15) is 0 Å². The third-order valence-electron chi connectivity index (χ3n) is 1.46. The van der Waals surface area contributed by atoms with Crippen LogP contribution < -0.4 is 0 Å². The summed E-state index contributed by atoms with van der Waals surface area (Å²) in [5.74, 6) is 0. The Hall–Kier alpha value is 0.310. The van der Waals surface area contributed by atoms with Crippen LogP contribution in [-0.4, -0.2) is 32.0 Å². The molecule has 0 radical (unpaired) electrons. The van der Waals surface area contributed by atoms with E-state index < -0.39 is 8.53 Å². The van der Waals surface area contributed by atoms with Gasteiger partial charge in [-0.05, 0) is 14.1 Å². The summed E-state index contributed by atoms with van der Waals surface area (Å²) in [5.41, 5.74) is 0.189. The first-order valence-corrected chi connectivity index (χ1v) is 4.87. The van der Waals surface area contributed by atoms with Crippen molar-refractivity contribution in [3.05, 3.63) is 0 Å². The Balaban J connectivity index is 2.36. The molecule has 1 rings (SSSR count). The summed E-state index contributed by atoms with van der Waals surface area (Å²) < 4.78 is 13.0. The van der Waals surface area contributed by atoms with Crippen LogP contribution in [0.5, 0.6) is 0 Å². The molecule has 4 heteroatoms. The maximum Gasteiger partial charge on any atom is 0.258 e. The Kier molecular flexibility index (Phi) is 2.87. The van der Waals surface area contributed by atoms with Crippen LogP contribution in [0.15, 0.2) is 0 Å². The van der Waals surface area contributed by atoms with E-state index in [0.717, 1.165) is 13.2 Å². The topological polar surface area (TPSA) is 21.7 Å². The van der Waals surface area contributed by atoms with Crippen molar-refractivity contribution in [2.24, 2.45) is 5.41 Å². The molecule has 0 amide bonds. The fourth-order valence-corrected chi connectivity index (χ4v) is 2.23. The van der Waals surface area contributed by atoms with Gasteiger partial charge in [0.25, 0.3) is 8.53 Å². The van der Waals surface area contributed by atoms with E-state index in [0.29, 0.717) is 0 Å². The number of hydrogen-bond donors (Lipinski definition) is 0. The third-order valence-corrected chi connectivity index (χ3v) is 2.81. The van der Waals surface area contributed by atoms with Crippen molar-refractivity contribution in [1.82, 2.24) is 4.67 Å². The molecule has 1 saturated heterocycles. The Morgan fingerprint density at radius 2 is 1.64 bits per heavy atom. The summed E-state index contributed by atoms with van der Waals surface area (Å²) in [4.78, 5) is 0. The van der Waals surface area contributed by atoms with Crippen molar-refractivity contribution in [3.8, 4) is 0 Å². The molecule has 1 fully saturated rings. The lowest BCUT2D eigenvalue weighted by Gasteiger charge is -2.35. The van der Waals surface area contributed by atoms with Gasteiger partial charge in [-0.1, -0.05) is 13.8 Å². The quantitative estimate of drug-likeness (QED) is 0.570. The van der Waals surface area contributed by atoms with E-state index in [1.165, 1.54) is 0 Å². The molecule has 0 aliphatic carbocycles. The minimum atomic E-state index is -0.756. The van der Waals surface area contributed by atoms with Crippen molar-refractivity contribution >= 4 is 8.53 Å². The minimum absolute atomic E-state index is 0.189. The maximum atomic E-state index is 5.52. The Morgan fingerprint density at radius 3 is 2.00 bits per heavy atom. The molecule has 0 spiro atoms. The highest BCUT2D eigenvalue weighted by Gasteiger charge is 2.30. The highest BCUT2D eigenvalue weighted by molar-refractivity contribution is 7.44. The highest BCUT2D eigenvalue weighted by atomic mass is 31.2. The smallest absolute Gasteiger partial charge is 0.258 e. The molecule has 1 heterocycles. The van der Waals surface area contributed by atoms with Gasteiger partial charge in [-0.2, -0.15) is 0 Å². The van der Waals surface area contributed by atoms with E-state index in [4.69, 9.17) is 9.05 Å². The van der Waals surface area contributed by atoms with Crippen molar-refractivity contribution in [2.75, 3.05) is 27.3 Å². The van der Waals surface area contributed by atoms with Crippen LogP contribution in [0.3, 0.4) is 0 Å². The van der Waals surface area contributed by atoms with Crippen molar-refractivity contribution < 1.29 is 9.05 Å². The Bertz CT molecular complexity index is 128.